The van der Waals surface area contributed by atoms with Gasteiger partial charge in [0.25, 0.3) is 11.8 Å². The van der Waals surface area contributed by atoms with Crippen molar-refractivity contribution in [3.63, 3.8) is 0 Å². The molecule has 4 rings (SSSR count). The highest BCUT2D eigenvalue weighted by molar-refractivity contribution is 6.22. The highest BCUT2D eigenvalue weighted by Gasteiger charge is 2.36. The van der Waals surface area contributed by atoms with Crippen molar-refractivity contribution < 1.29 is 18.8 Å². The average Bonchev–Trinajstić information content (AvgIpc) is 3.27. The quantitative estimate of drug-likeness (QED) is 0.704. The summed E-state index contributed by atoms with van der Waals surface area (Å²) in [4.78, 5) is 41.8. The van der Waals surface area contributed by atoms with Gasteiger partial charge in [0, 0.05) is 5.56 Å². The number of amides is 3. The van der Waals surface area contributed by atoms with Gasteiger partial charge in [-0.3, -0.25) is 19.3 Å². The number of fused-ring (bicyclic) bond motifs is 1. The third-order valence-electron chi connectivity index (χ3n) is 4.23. The number of nitrogens with one attached hydrogen (secondary N) is 1. The molecule has 27 heavy (non-hydrogen) atoms. The molecule has 0 atom stereocenters. The minimum atomic E-state index is -0.469. The van der Waals surface area contributed by atoms with Crippen molar-refractivity contribution >= 4 is 17.7 Å². The van der Waals surface area contributed by atoms with Crippen LogP contribution in [0.1, 0.15) is 26.6 Å². The lowest BCUT2D eigenvalue weighted by Crippen LogP contribution is -2.40. The Hall–Kier alpha value is -3.74. The highest BCUT2D eigenvalue weighted by atomic mass is 16.4. The van der Waals surface area contributed by atoms with Gasteiger partial charge in [0.2, 0.25) is 11.8 Å². The smallest absolute Gasteiger partial charge is 0.262 e. The van der Waals surface area contributed by atoms with E-state index in [4.69, 9.17) is 4.42 Å². The van der Waals surface area contributed by atoms with Crippen LogP contribution in [0, 0.1) is 0 Å². The molecule has 0 unspecified atom stereocenters. The second-order valence-electron chi connectivity index (χ2n) is 6.00. The van der Waals surface area contributed by atoms with Crippen molar-refractivity contribution in [2.45, 2.75) is 6.54 Å². The van der Waals surface area contributed by atoms with Crippen LogP contribution in [-0.2, 0) is 11.3 Å². The molecule has 0 radical (unpaired) electrons. The van der Waals surface area contributed by atoms with Crippen molar-refractivity contribution in [2.24, 2.45) is 0 Å². The summed E-state index contributed by atoms with van der Waals surface area (Å²) < 4.78 is 5.61. The minimum absolute atomic E-state index is 0.0643. The van der Waals surface area contributed by atoms with Crippen LogP contribution in [0.3, 0.4) is 0 Å². The normalized spacial score (nSPS) is 13.0. The van der Waals surface area contributed by atoms with E-state index in [0.717, 1.165) is 10.5 Å². The number of benzene rings is 2. The fourth-order valence-electron chi connectivity index (χ4n) is 2.88. The van der Waals surface area contributed by atoms with E-state index in [1.165, 1.54) is 0 Å². The Morgan fingerprint density at radius 1 is 0.963 bits per heavy atom. The maximum absolute atomic E-state index is 12.3. The Morgan fingerprint density at radius 2 is 1.59 bits per heavy atom. The first-order valence-corrected chi connectivity index (χ1v) is 8.35. The third-order valence-corrected chi connectivity index (χ3v) is 4.23. The van der Waals surface area contributed by atoms with Gasteiger partial charge in [0.15, 0.2) is 5.76 Å². The van der Waals surface area contributed by atoms with Crippen LogP contribution < -0.4 is 5.32 Å². The fraction of sp³-hybridized carbons (Fsp3) is 0.100. The molecule has 1 aliphatic rings. The predicted octanol–water partition coefficient (Wildman–Crippen LogP) is 2.25. The summed E-state index contributed by atoms with van der Waals surface area (Å²) in [6.07, 6.45) is 1.58. The number of imide groups is 1. The molecule has 0 saturated heterocycles. The molecule has 0 spiro atoms. The molecule has 134 valence electrons. The van der Waals surface area contributed by atoms with E-state index in [0.29, 0.717) is 22.8 Å². The van der Waals surface area contributed by atoms with Gasteiger partial charge >= 0.3 is 0 Å². The average molecular weight is 361 g/mol. The molecule has 3 aromatic rings. The molecule has 0 saturated carbocycles. The first-order valence-electron chi connectivity index (χ1n) is 8.35. The third kappa shape index (κ3) is 3.22. The Morgan fingerprint density at radius 3 is 2.26 bits per heavy atom. The number of carbonyl (C=O) groups excluding carboxylic acids is 3. The van der Waals surface area contributed by atoms with Crippen molar-refractivity contribution in [1.82, 2.24) is 15.2 Å². The Bertz CT molecular complexity index is 991. The number of hydrogen-bond acceptors (Lipinski definition) is 5. The second-order valence-corrected chi connectivity index (χ2v) is 6.00. The highest BCUT2D eigenvalue weighted by Crippen LogP contribution is 2.22. The van der Waals surface area contributed by atoms with Crippen molar-refractivity contribution in [2.75, 3.05) is 6.54 Å². The van der Waals surface area contributed by atoms with Crippen LogP contribution in [0.15, 0.2) is 65.2 Å². The molecule has 2 heterocycles. The Kier molecular flexibility index (Phi) is 4.25. The van der Waals surface area contributed by atoms with Gasteiger partial charge < -0.3 is 9.73 Å². The fourth-order valence-corrected chi connectivity index (χ4v) is 2.88. The van der Waals surface area contributed by atoms with E-state index < -0.39 is 17.7 Å². The molecule has 1 N–H and O–H groups in total. The molecule has 0 fully saturated rings. The summed E-state index contributed by atoms with van der Waals surface area (Å²) in [7, 11) is 0. The maximum atomic E-state index is 12.3. The van der Waals surface area contributed by atoms with E-state index in [1.807, 2.05) is 30.3 Å². The molecule has 0 aliphatic carbocycles. The van der Waals surface area contributed by atoms with Crippen LogP contribution in [0.5, 0.6) is 0 Å². The molecule has 0 bridgehead atoms. The van der Waals surface area contributed by atoms with E-state index in [1.54, 1.807) is 30.5 Å². The van der Waals surface area contributed by atoms with E-state index in [-0.39, 0.29) is 13.1 Å². The lowest BCUT2D eigenvalue weighted by atomic mass is 10.1. The molecule has 3 amide bonds. The Labute approximate surface area is 154 Å². The monoisotopic (exact) mass is 361 g/mol. The molecule has 7 heteroatoms. The van der Waals surface area contributed by atoms with Gasteiger partial charge in [-0.05, 0) is 12.1 Å². The largest absolute Gasteiger partial charge is 0.439 e. The lowest BCUT2D eigenvalue weighted by molar-refractivity contribution is -0.121. The van der Waals surface area contributed by atoms with Crippen LogP contribution in [0.2, 0.25) is 0 Å². The summed E-state index contributed by atoms with van der Waals surface area (Å²) in [6.45, 7) is -0.284. The zero-order valence-corrected chi connectivity index (χ0v) is 14.2. The van der Waals surface area contributed by atoms with Gasteiger partial charge in [-0.15, -0.1) is 0 Å². The predicted molar refractivity (Wildman–Crippen MR) is 95.6 cm³/mol. The van der Waals surface area contributed by atoms with Gasteiger partial charge in [0.05, 0.1) is 23.9 Å². The van der Waals surface area contributed by atoms with Gasteiger partial charge in [-0.2, -0.15) is 0 Å². The molecule has 1 aromatic heterocycles. The van der Waals surface area contributed by atoms with Crippen molar-refractivity contribution in [3.05, 3.63) is 77.8 Å². The SMILES string of the molecule is O=C(CN1C(=O)c2ccccc2C1=O)NCc1ncc(-c2ccccc2)o1. The van der Waals surface area contributed by atoms with Crippen LogP contribution in [-0.4, -0.2) is 34.2 Å². The number of carbonyl (C=O) groups is 3. The van der Waals surface area contributed by atoms with Crippen molar-refractivity contribution in [3.8, 4) is 11.3 Å². The van der Waals surface area contributed by atoms with Crippen LogP contribution >= 0.6 is 0 Å². The maximum Gasteiger partial charge on any atom is 0.262 e. The molecule has 7 nitrogen and oxygen atoms in total. The number of aromatic nitrogens is 1. The number of oxazole rings is 1. The van der Waals surface area contributed by atoms with Gasteiger partial charge in [-0.25, -0.2) is 4.98 Å². The molecule has 2 aromatic carbocycles. The lowest BCUT2D eigenvalue weighted by Gasteiger charge is -2.12. The second kappa shape index (κ2) is 6.87. The zero-order valence-electron chi connectivity index (χ0n) is 14.2. The zero-order chi connectivity index (χ0) is 18.8. The molecular weight excluding hydrogens is 346 g/mol. The summed E-state index contributed by atoms with van der Waals surface area (Å²) in [5, 5.41) is 2.62. The minimum Gasteiger partial charge on any atom is -0.439 e. The topological polar surface area (TPSA) is 92.5 Å². The summed E-state index contributed by atoms with van der Waals surface area (Å²) in [5.74, 6) is -0.463. The number of nitrogens with zero attached hydrogens (tertiary/aromatic N) is 2. The standard InChI is InChI=1S/C20H15N3O4/c24-17(12-23-19(25)14-8-4-5-9-15(14)20(23)26)21-11-18-22-10-16(27-18)13-6-2-1-3-7-13/h1-10H,11-12H2,(H,21,24). The summed E-state index contributed by atoms with van der Waals surface area (Å²) in [6, 6.07) is 16.0. The number of hydrogen-bond donors (Lipinski definition) is 1. The molecular formula is C20H15N3O4. The van der Waals surface area contributed by atoms with E-state index in [9.17, 15) is 14.4 Å². The summed E-state index contributed by atoms with van der Waals surface area (Å²) in [5.41, 5.74) is 1.51. The summed E-state index contributed by atoms with van der Waals surface area (Å²) >= 11 is 0. The first-order chi connectivity index (χ1) is 13.1. The molecule has 1 aliphatic heterocycles. The van der Waals surface area contributed by atoms with Gasteiger partial charge in [-0.1, -0.05) is 42.5 Å². The van der Waals surface area contributed by atoms with Gasteiger partial charge in [0.1, 0.15) is 6.54 Å². The van der Waals surface area contributed by atoms with Crippen molar-refractivity contribution in [1.29, 1.82) is 0 Å². The first kappa shape index (κ1) is 16.7. The van der Waals surface area contributed by atoms with E-state index in [2.05, 4.69) is 10.3 Å². The Balaban J connectivity index is 1.37. The van der Waals surface area contributed by atoms with E-state index >= 15 is 0 Å². The van der Waals surface area contributed by atoms with Crippen LogP contribution in [0.25, 0.3) is 11.3 Å². The number of rotatable bonds is 5. The van der Waals surface area contributed by atoms with Crippen LogP contribution in [0.4, 0.5) is 0 Å².